The number of hydrogen-bond donors (Lipinski definition) is 1. The van der Waals surface area contributed by atoms with Gasteiger partial charge >= 0.3 is 5.97 Å². The van der Waals surface area contributed by atoms with Crippen LogP contribution in [-0.2, 0) is 14.3 Å². The smallest absolute Gasteiger partial charge is 0.333 e. The Hall–Kier alpha value is -1.62. The maximum Gasteiger partial charge on any atom is 0.333 e. The lowest BCUT2D eigenvalue weighted by Gasteiger charge is -2.09. The van der Waals surface area contributed by atoms with Gasteiger partial charge in [-0.1, -0.05) is 12.7 Å². The second-order valence-electron chi connectivity index (χ2n) is 3.82. The largest absolute Gasteiger partial charge is 0.460 e. The number of rotatable bonds is 5. The summed E-state index contributed by atoms with van der Waals surface area (Å²) in [6.07, 6.45) is 3.79. The molecular weight excluding hydrogens is 222 g/mol. The minimum absolute atomic E-state index is 0.0264. The highest BCUT2D eigenvalue weighted by atomic mass is 16.5. The van der Waals surface area contributed by atoms with Gasteiger partial charge in [-0.15, -0.1) is 0 Å². The average molecular weight is 239 g/mol. The van der Waals surface area contributed by atoms with Gasteiger partial charge in [0.05, 0.1) is 12.5 Å². The van der Waals surface area contributed by atoms with Crippen molar-refractivity contribution < 1.29 is 19.4 Å². The van der Waals surface area contributed by atoms with Crippen molar-refractivity contribution in [2.45, 2.75) is 13.3 Å². The predicted molar refractivity (Wildman–Crippen MR) is 61.8 cm³/mol. The molecule has 1 fully saturated rings. The number of hydrogen-bond acceptors (Lipinski definition) is 4. The van der Waals surface area contributed by atoms with Gasteiger partial charge in [0.25, 0.3) is 0 Å². The van der Waals surface area contributed by atoms with Crippen molar-refractivity contribution in [2.75, 3.05) is 19.8 Å². The lowest BCUT2D eigenvalue weighted by molar-refractivity contribution is -0.139. The summed E-state index contributed by atoms with van der Waals surface area (Å²) >= 11 is 0. The van der Waals surface area contributed by atoms with Gasteiger partial charge in [0.2, 0.25) is 5.91 Å². The van der Waals surface area contributed by atoms with Crippen molar-refractivity contribution in [3.63, 3.8) is 0 Å². The molecule has 1 rings (SSSR count). The van der Waals surface area contributed by atoms with Crippen molar-refractivity contribution in [2.24, 2.45) is 5.92 Å². The standard InChI is InChI=1S/C12H17NO4/c1-3-13-5-4-10(11(13)15)8-9(2)12(16)17-7-6-14/h3,8,10,14H,1,4-7H2,2H3/b9-8+. The zero-order valence-electron chi connectivity index (χ0n) is 9.89. The molecule has 0 saturated carbocycles. The Morgan fingerprint density at radius 2 is 2.41 bits per heavy atom. The van der Waals surface area contributed by atoms with Gasteiger partial charge in [-0.2, -0.15) is 0 Å². The molecule has 0 bridgehead atoms. The molecule has 1 aliphatic rings. The maximum absolute atomic E-state index is 11.7. The number of nitrogens with zero attached hydrogens (tertiary/aromatic N) is 1. The van der Waals surface area contributed by atoms with Gasteiger partial charge in [0.15, 0.2) is 0 Å². The van der Waals surface area contributed by atoms with E-state index in [0.717, 1.165) is 0 Å². The molecule has 0 radical (unpaired) electrons. The third-order valence-corrected chi connectivity index (χ3v) is 2.60. The number of aliphatic hydroxyl groups excluding tert-OH is 1. The van der Waals surface area contributed by atoms with Crippen LogP contribution < -0.4 is 0 Å². The summed E-state index contributed by atoms with van der Waals surface area (Å²) < 4.78 is 4.75. The lowest BCUT2D eigenvalue weighted by atomic mass is 10.1. The highest BCUT2D eigenvalue weighted by molar-refractivity contribution is 5.90. The van der Waals surface area contributed by atoms with Crippen molar-refractivity contribution in [3.05, 3.63) is 24.4 Å². The van der Waals surface area contributed by atoms with Crippen LogP contribution in [0.3, 0.4) is 0 Å². The highest BCUT2D eigenvalue weighted by Crippen LogP contribution is 2.20. The summed E-state index contributed by atoms with van der Waals surface area (Å²) in [7, 11) is 0. The summed E-state index contributed by atoms with van der Waals surface area (Å²) in [5.41, 5.74) is 0.391. The minimum atomic E-state index is -0.496. The van der Waals surface area contributed by atoms with Crippen LogP contribution in [0, 0.1) is 5.92 Å². The summed E-state index contributed by atoms with van der Waals surface area (Å²) in [5.74, 6) is -0.826. The van der Waals surface area contributed by atoms with Crippen LogP contribution in [-0.4, -0.2) is 41.6 Å². The van der Waals surface area contributed by atoms with Gasteiger partial charge in [-0.25, -0.2) is 4.79 Å². The molecule has 0 aromatic carbocycles. The first-order chi connectivity index (χ1) is 8.10. The van der Waals surface area contributed by atoms with Crippen LogP contribution in [0.15, 0.2) is 24.4 Å². The SMILES string of the molecule is C=CN1CCC(/C=C(\C)C(=O)OCCO)C1=O. The number of ether oxygens (including phenoxy) is 1. The second kappa shape index (κ2) is 6.20. The van der Waals surface area contributed by atoms with Crippen molar-refractivity contribution in [1.29, 1.82) is 0 Å². The molecule has 17 heavy (non-hydrogen) atoms. The number of carbonyl (C=O) groups is 2. The average Bonchev–Trinajstić information content (AvgIpc) is 2.67. The molecule has 1 heterocycles. The topological polar surface area (TPSA) is 66.8 Å². The van der Waals surface area contributed by atoms with Crippen molar-refractivity contribution >= 4 is 11.9 Å². The zero-order valence-corrected chi connectivity index (χ0v) is 9.89. The first-order valence-corrected chi connectivity index (χ1v) is 5.49. The number of likely N-dealkylation sites (tertiary alicyclic amines) is 1. The van der Waals surface area contributed by atoms with Gasteiger partial charge in [0.1, 0.15) is 6.61 Å². The molecule has 0 aromatic heterocycles. The van der Waals surface area contributed by atoms with Crippen LogP contribution in [0.4, 0.5) is 0 Å². The normalized spacial score (nSPS) is 20.6. The Kier molecular flexibility index (Phi) is 4.90. The zero-order chi connectivity index (χ0) is 12.8. The number of amides is 1. The first kappa shape index (κ1) is 13.4. The van der Waals surface area contributed by atoms with E-state index in [1.165, 1.54) is 11.1 Å². The molecule has 1 amide bonds. The fourth-order valence-corrected chi connectivity index (χ4v) is 1.68. The van der Waals surface area contributed by atoms with E-state index < -0.39 is 5.97 Å². The van der Waals surface area contributed by atoms with Crippen LogP contribution >= 0.6 is 0 Å². The van der Waals surface area contributed by atoms with E-state index in [-0.39, 0.29) is 25.0 Å². The van der Waals surface area contributed by atoms with Gasteiger partial charge in [-0.05, 0) is 19.5 Å². The van der Waals surface area contributed by atoms with Crippen LogP contribution in [0.1, 0.15) is 13.3 Å². The lowest BCUT2D eigenvalue weighted by Crippen LogP contribution is -2.21. The summed E-state index contributed by atoms with van der Waals surface area (Å²) in [5, 5.41) is 8.52. The summed E-state index contributed by atoms with van der Waals surface area (Å²) in [6, 6.07) is 0. The molecule has 1 atom stereocenters. The fraction of sp³-hybridized carbons (Fsp3) is 0.500. The number of esters is 1. The Bertz CT molecular complexity index is 348. The van der Waals surface area contributed by atoms with Gasteiger partial charge in [-0.3, -0.25) is 4.79 Å². The third kappa shape index (κ3) is 3.42. The molecule has 0 aliphatic carbocycles. The number of carbonyl (C=O) groups excluding carboxylic acids is 2. The summed E-state index contributed by atoms with van der Waals surface area (Å²) in [4.78, 5) is 24.7. The van der Waals surface area contributed by atoms with Gasteiger partial charge in [0, 0.05) is 12.1 Å². The Morgan fingerprint density at radius 3 is 2.94 bits per heavy atom. The van der Waals surface area contributed by atoms with E-state index in [1.807, 2.05) is 0 Å². The Labute approximate surface area is 100 Å². The number of aliphatic hydroxyl groups is 1. The monoisotopic (exact) mass is 239 g/mol. The maximum atomic E-state index is 11.7. The summed E-state index contributed by atoms with van der Waals surface area (Å²) in [6.45, 7) is 5.55. The van der Waals surface area contributed by atoms with Crippen LogP contribution in [0.25, 0.3) is 0 Å². The van der Waals surface area contributed by atoms with E-state index in [4.69, 9.17) is 9.84 Å². The van der Waals surface area contributed by atoms with Crippen LogP contribution in [0.5, 0.6) is 0 Å². The quantitative estimate of drug-likeness (QED) is 0.559. The van der Waals surface area contributed by atoms with Crippen molar-refractivity contribution in [1.82, 2.24) is 4.90 Å². The van der Waals surface area contributed by atoms with E-state index in [1.54, 1.807) is 13.0 Å². The Balaban J connectivity index is 2.60. The van der Waals surface area contributed by atoms with E-state index in [2.05, 4.69) is 6.58 Å². The van der Waals surface area contributed by atoms with Crippen molar-refractivity contribution in [3.8, 4) is 0 Å². The second-order valence-corrected chi connectivity index (χ2v) is 3.82. The molecule has 1 unspecified atom stereocenters. The molecule has 5 nitrogen and oxygen atoms in total. The van der Waals surface area contributed by atoms with E-state index >= 15 is 0 Å². The molecule has 1 saturated heterocycles. The molecule has 94 valence electrons. The minimum Gasteiger partial charge on any atom is -0.460 e. The molecule has 0 aromatic rings. The Morgan fingerprint density at radius 1 is 1.71 bits per heavy atom. The third-order valence-electron chi connectivity index (χ3n) is 2.60. The van der Waals surface area contributed by atoms with Crippen LogP contribution in [0.2, 0.25) is 0 Å². The van der Waals surface area contributed by atoms with E-state index in [0.29, 0.717) is 18.5 Å². The molecular formula is C12H17NO4. The molecule has 1 N–H and O–H groups in total. The van der Waals surface area contributed by atoms with E-state index in [9.17, 15) is 9.59 Å². The predicted octanol–water partition coefficient (Wildman–Crippen LogP) is 0.460. The molecule has 5 heteroatoms. The highest BCUT2D eigenvalue weighted by Gasteiger charge is 2.28. The fourth-order valence-electron chi connectivity index (χ4n) is 1.68. The molecule has 1 aliphatic heterocycles. The molecule has 0 spiro atoms. The first-order valence-electron chi connectivity index (χ1n) is 5.49. The van der Waals surface area contributed by atoms with Gasteiger partial charge < -0.3 is 14.7 Å².